The minimum absolute atomic E-state index is 0.552. The summed E-state index contributed by atoms with van der Waals surface area (Å²) in [5, 5.41) is 2.81. The van der Waals surface area contributed by atoms with Crippen molar-refractivity contribution in [3.05, 3.63) is 176 Å². The van der Waals surface area contributed by atoms with E-state index in [9.17, 15) is 0 Å². The van der Waals surface area contributed by atoms with Crippen LogP contribution in [0.2, 0.25) is 0 Å². The fourth-order valence-electron chi connectivity index (χ4n) is 7.45. The van der Waals surface area contributed by atoms with E-state index in [2.05, 4.69) is 48.5 Å². The van der Waals surface area contributed by atoms with E-state index in [4.69, 9.17) is 33.8 Å². The van der Waals surface area contributed by atoms with Gasteiger partial charge in [-0.15, -0.1) is 0 Å². The van der Waals surface area contributed by atoms with E-state index in [0.29, 0.717) is 34.5 Å². The number of furan rings is 2. The third-order valence-corrected chi connectivity index (χ3v) is 10.2. The normalized spacial score (nSPS) is 11.6. The van der Waals surface area contributed by atoms with E-state index in [1.165, 1.54) is 0 Å². The van der Waals surface area contributed by atoms with Crippen molar-refractivity contribution in [1.82, 2.24) is 24.9 Å². The average Bonchev–Trinajstić information content (AvgIpc) is 3.85. The summed E-state index contributed by atoms with van der Waals surface area (Å²) in [6.07, 6.45) is 0. The summed E-state index contributed by atoms with van der Waals surface area (Å²) in [4.78, 5) is 25.3. The summed E-state index contributed by atoms with van der Waals surface area (Å²) in [5.41, 5.74) is 11.1. The molecule has 7 aromatic carbocycles. The predicted octanol–water partition coefficient (Wildman–Crippen LogP) is 12.5. The molecule has 11 rings (SSSR count). The Morgan fingerprint density at radius 3 is 1.61 bits per heavy atom. The van der Waals surface area contributed by atoms with E-state index in [-0.39, 0.29) is 0 Å². The topological polar surface area (TPSA) is 90.7 Å². The molecule has 11 aromatic rings. The molecule has 0 aliphatic carbocycles. The second-order valence-corrected chi connectivity index (χ2v) is 13.6. The Morgan fingerprint density at radius 1 is 0.321 bits per heavy atom. The molecule has 7 nitrogen and oxygen atoms in total. The number of hydrogen-bond acceptors (Lipinski definition) is 7. The number of rotatable bonds is 6. The van der Waals surface area contributed by atoms with E-state index in [0.717, 1.165) is 77.5 Å². The molecule has 0 spiro atoms. The van der Waals surface area contributed by atoms with Crippen LogP contribution < -0.4 is 0 Å². The van der Waals surface area contributed by atoms with E-state index < -0.39 is 0 Å². The number of hydrogen-bond donors (Lipinski definition) is 0. The van der Waals surface area contributed by atoms with Crippen LogP contribution >= 0.6 is 0 Å². The fourth-order valence-corrected chi connectivity index (χ4v) is 7.45. The molecular formula is C49H29N5O2. The first-order valence-corrected chi connectivity index (χ1v) is 18.4. The van der Waals surface area contributed by atoms with Crippen molar-refractivity contribution in [1.29, 1.82) is 0 Å². The minimum atomic E-state index is 0.552. The summed E-state index contributed by atoms with van der Waals surface area (Å²) < 4.78 is 12.9. The zero-order valence-electron chi connectivity index (χ0n) is 29.8. The van der Waals surface area contributed by atoms with Crippen molar-refractivity contribution in [2.45, 2.75) is 0 Å². The van der Waals surface area contributed by atoms with Crippen LogP contribution in [0.5, 0.6) is 0 Å². The molecule has 0 N–H and O–H groups in total. The highest BCUT2D eigenvalue weighted by atomic mass is 16.3. The number of aromatic nitrogens is 5. The first-order chi connectivity index (χ1) is 27.7. The van der Waals surface area contributed by atoms with Gasteiger partial charge in [0.2, 0.25) is 0 Å². The molecular weight excluding hydrogens is 691 g/mol. The van der Waals surface area contributed by atoms with Gasteiger partial charge in [-0.3, -0.25) is 0 Å². The maximum Gasteiger partial charge on any atom is 0.180 e. The molecule has 0 radical (unpaired) electrons. The molecule has 0 unspecified atom stereocenters. The van der Waals surface area contributed by atoms with Crippen LogP contribution in [-0.2, 0) is 0 Å². The Balaban J connectivity index is 1.05. The Hall–Kier alpha value is -7.77. The molecule has 0 aliphatic rings. The number of benzene rings is 7. The van der Waals surface area contributed by atoms with Gasteiger partial charge < -0.3 is 8.83 Å². The number of nitrogens with zero attached hydrogens (tertiary/aromatic N) is 5. The van der Waals surface area contributed by atoms with Crippen LogP contribution in [0.3, 0.4) is 0 Å². The third-order valence-electron chi connectivity index (χ3n) is 10.2. The van der Waals surface area contributed by atoms with Crippen LogP contribution in [0.1, 0.15) is 0 Å². The Morgan fingerprint density at radius 2 is 0.875 bits per heavy atom. The smallest absolute Gasteiger partial charge is 0.180 e. The lowest BCUT2D eigenvalue weighted by Crippen LogP contribution is -2.00. The summed E-state index contributed by atoms with van der Waals surface area (Å²) in [7, 11) is 0. The van der Waals surface area contributed by atoms with E-state index in [1.54, 1.807) is 0 Å². The molecule has 56 heavy (non-hydrogen) atoms. The van der Waals surface area contributed by atoms with Crippen molar-refractivity contribution in [3.63, 3.8) is 0 Å². The number of fused-ring (bicyclic) bond motifs is 6. The molecule has 262 valence electrons. The highest BCUT2D eigenvalue weighted by Gasteiger charge is 2.21. The van der Waals surface area contributed by atoms with E-state index >= 15 is 0 Å². The van der Waals surface area contributed by atoms with Gasteiger partial charge in [0.05, 0.1) is 0 Å². The largest absolute Gasteiger partial charge is 0.456 e. The first kappa shape index (κ1) is 31.7. The molecule has 0 amide bonds. The van der Waals surface area contributed by atoms with Gasteiger partial charge in [0.25, 0.3) is 0 Å². The van der Waals surface area contributed by atoms with Crippen LogP contribution in [0, 0.1) is 0 Å². The van der Waals surface area contributed by atoms with Crippen LogP contribution in [-0.4, -0.2) is 24.9 Å². The highest BCUT2D eigenvalue weighted by molar-refractivity contribution is 6.13. The van der Waals surface area contributed by atoms with Crippen molar-refractivity contribution in [2.75, 3.05) is 0 Å². The van der Waals surface area contributed by atoms with Crippen molar-refractivity contribution in [2.24, 2.45) is 0 Å². The van der Waals surface area contributed by atoms with Crippen LogP contribution in [0.15, 0.2) is 185 Å². The Labute approximate surface area is 320 Å². The maximum absolute atomic E-state index is 6.57. The molecule has 4 aromatic heterocycles. The summed E-state index contributed by atoms with van der Waals surface area (Å²) in [6.45, 7) is 0. The monoisotopic (exact) mass is 719 g/mol. The standard InChI is InChI=1S/C49H29N5O2/c1-4-13-30(14-5-1)31-23-25-34(26-24-31)47-52-46(33-17-8-3-9-18-33)53-48(54-47)35-27-28-36-41(29-35)55-40-22-12-20-38(42(36)40)49-50-43(32-15-6-2-7-16-32)45-44(51-49)37-19-10-11-21-39(37)56-45/h1-29H. The van der Waals surface area contributed by atoms with Crippen molar-refractivity contribution < 1.29 is 8.83 Å². The first-order valence-electron chi connectivity index (χ1n) is 18.4. The van der Waals surface area contributed by atoms with Crippen molar-refractivity contribution >= 4 is 44.0 Å². The van der Waals surface area contributed by atoms with Crippen LogP contribution in [0.4, 0.5) is 0 Å². The zero-order chi connectivity index (χ0) is 37.0. The van der Waals surface area contributed by atoms with E-state index in [1.807, 2.05) is 127 Å². The molecule has 4 heterocycles. The van der Waals surface area contributed by atoms with Crippen molar-refractivity contribution in [3.8, 4) is 67.9 Å². The quantitative estimate of drug-likeness (QED) is 0.169. The molecule has 0 fully saturated rings. The minimum Gasteiger partial charge on any atom is -0.456 e. The van der Waals surface area contributed by atoms with Gasteiger partial charge in [-0.05, 0) is 41.5 Å². The summed E-state index contributed by atoms with van der Waals surface area (Å²) in [5.74, 6) is 2.33. The lowest BCUT2D eigenvalue weighted by molar-refractivity contribution is 0.667. The zero-order valence-corrected chi connectivity index (χ0v) is 29.8. The van der Waals surface area contributed by atoms with Gasteiger partial charge in [0, 0.05) is 44.0 Å². The Kier molecular flexibility index (Phi) is 7.35. The average molecular weight is 720 g/mol. The van der Waals surface area contributed by atoms with Gasteiger partial charge in [0.15, 0.2) is 28.9 Å². The summed E-state index contributed by atoms with van der Waals surface area (Å²) in [6, 6.07) is 58.9. The third kappa shape index (κ3) is 5.41. The van der Waals surface area contributed by atoms with Crippen LogP contribution in [0.25, 0.3) is 112 Å². The molecule has 0 aliphatic heterocycles. The van der Waals surface area contributed by atoms with Gasteiger partial charge in [0.1, 0.15) is 28.0 Å². The molecule has 0 saturated carbocycles. The Bertz CT molecular complexity index is 3230. The van der Waals surface area contributed by atoms with Gasteiger partial charge >= 0.3 is 0 Å². The maximum atomic E-state index is 6.57. The lowest BCUT2D eigenvalue weighted by atomic mass is 10.0. The SMILES string of the molecule is c1ccc(-c2ccc(-c3nc(-c4ccccc4)nc(-c4ccc5c(c4)oc4cccc(-c6nc(-c7ccccc7)c7oc8ccccc8c7n6)c45)n3)cc2)cc1. The van der Waals surface area contributed by atoms with Gasteiger partial charge in [-0.25, -0.2) is 24.9 Å². The molecule has 0 bridgehead atoms. The molecule has 7 heteroatoms. The lowest BCUT2D eigenvalue weighted by Gasteiger charge is -2.09. The van der Waals surface area contributed by atoms with Gasteiger partial charge in [-0.1, -0.05) is 146 Å². The predicted molar refractivity (Wildman–Crippen MR) is 223 cm³/mol. The second-order valence-electron chi connectivity index (χ2n) is 13.6. The number of para-hydroxylation sites is 1. The second kappa shape index (κ2) is 13.0. The summed E-state index contributed by atoms with van der Waals surface area (Å²) >= 11 is 0. The fraction of sp³-hybridized carbons (Fsp3) is 0. The van der Waals surface area contributed by atoms with Gasteiger partial charge in [-0.2, -0.15) is 0 Å². The molecule has 0 atom stereocenters. The molecule has 0 saturated heterocycles. The highest BCUT2D eigenvalue weighted by Crippen LogP contribution is 2.40.